The second kappa shape index (κ2) is 8.78. The number of likely N-dealkylation sites (N-methyl/N-ethyl adjacent to an activating group) is 1. The number of carbonyl (C=O) groups is 2. The smallest absolute Gasteiger partial charge is 0.410 e. The van der Waals surface area contributed by atoms with Crippen LogP contribution in [0.3, 0.4) is 0 Å². The van der Waals surface area contributed by atoms with E-state index in [0.717, 1.165) is 6.42 Å². The topological polar surface area (TPSA) is 55.8 Å². The average Bonchev–Trinajstić information content (AvgIpc) is 2.35. The number of carbonyl (C=O) groups excluding carboxylic acids is 2. The summed E-state index contributed by atoms with van der Waals surface area (Å²) in [6.07, 6.45) is 0.331. The van der Waals surface area contributed by atoms with E-state index in [4.69, 9.17) is 9.47 Å². The molecule has 5 heteroatoms. The molecular formula is C13H25NO4. The summed E-state index contributed by atoms with van der Waals surface area (Å²) in [6.45, 7) is 10.3. The summed E-state index contributed by atoms with van der Waals surface area (Å²) in [7, 11) is 0. The van der Waals surface area contributed by atoms with Crippen LogP contribution in [0.1, 0.15) is 41.0 Å². The summed E-state index contributed by atoms with van der Waals surface area (Å²) >= 11 is 0. The number of amides is 1. The Morgan fingerprint density at radius 3 is 2.00 bits per heavy atom. The van der Waals surface area contributed by atoms with Crippen LogP contribution >= 0.6 is 0 Å². The number of hydrogen-bond donors (Lipinski definition) is 0. The van der Waals surface area contributed by atoms with Crippen molar-refractivity contribution >= 4 is 12.1 Å². The molecule has 0 aromatic rings. The van der Waals surface area contributed by atoms with Crippen LogP contribution in [0, 0.1) is 5.92 Å². The highest BCUT2D eigenvalue weighted by molar-refractivity contribution is 5.81. The van der Waals surface area contributed by atoms with Gasteiger partial charge in [-0.05, 0) is 26.7 Å². The summed E-state index contributed by atoms with van der Waals surface area (Å²) < 4.78 is 10.0. The Morgan fingerprint density at radius 1 is 1.06 bits per heavy atom. The molecule has 0 aromatic carbocycles. The zero-order valence-electron chi connectivity index (χ0n) is 12.1. The molecule has 0 fully saturated rings. The summed E-state index contributed by atoms with van der Waals surface area (Å²) in [4.78, 5) is 25.3. The van der Waals surface area contributed by atoms with Gasteiger partial charge in [0.05, 0.1) is 13.2 Å². The first-order valence-electron chi connectivity index (χ1n) is 6.63. The van der Waals surface area contributed by atoms with Crippen molar-refractivity contribution in [1.82, 2.24) is 4.90 Å². The minimum atomic E-state index is -0.570. The van der Waals surface area contributed by atoms with Crippen LogP contribution < -0.4 is 0 Å². The first-order chi connectivity index (χ1) is 8.53. The summed E-state index contributed by atoms with van der Waals surface area (Å²) in [6, 6.07) is -0.570. The largest absolute Gasteiger partial charge is 0.464 e. The molecule has 0 saturated heterocycles. The molecule has 2 atom stereocenters. The van der Waals surface area contributed by atoms with E-state index in [2.05, 4.69) is 0 Å². The van der Waals surface area contributed by atoms with Gasteiger partial charge in [0.15, 0.2) is 0 Å². The van der Waals surface area contributed by atoms with E-state index in [1.165, 1.54) is 4.90 Å². The third-order valence-corrected chi connectivity index (χ3v) is 2.89. The fourth-order valence-electron chi connectivity index (χ4n) is 1.76. The van der Waals surface area contributed by atoms with Crippen molar-refractivity contribution in [2.45, 2.75) is 47.1 Å². The molecule has 0 aliphatic rings. The monoisotopic (exact) mass is 259 g/mol. The molecule has 0 aromatic heterocycles. The van der Waals surface area contributed by atoms with E-state index in [1.54, 1.807) is 13.8 Å². The predicted molar refractivity (Wildman–Crippen MR) is 69.3 cm³/mol. The second-order valence-corrected chi connectivity index (χ2v) is 4.07. The van der Waals surface area contributed by atoms with Gasteiger partial charge < -0.3 is 9.47 Å². The van der Waals surface area contributed by atoms with Gasteiger partial charge in [0.1, 0.15) is 6.04 Å². The van der Waals surface area contributed by atoms with Gasteiger partial charge in [-0.2, -0.15) is 0 Å². The van der Waals surface area contributed by atoms with Crippen LogP contribution in [0.4, 0.5) is 4.79 Å². The van der Waals surface area contributed by atoms with Crippen LogP contribution in [0.25, 0.3) is 0 Å². The zero-order chi connectivity index (χ0) is 14.1. The lowest BCUT2D eigenvalue weighted by Gasteiger charge is -2.31. The first-order valence-corrected chi connectivity index (χ1v) is 6.63. The highest BCUT2D eigenvalue weighted by atomic mass is 16.6. The quantitative estimate of drug-likeness (QED) is 0.659. The van der Waals surface area contributed by atoms with Crippen molar-refractivity contribution in [2.75, 3.05) is 19.8 Å². The molecule has 18 heavy (non-hydrogen) atoms. The van der Waals surface area contributed by atoms with Gasteiger partial charge in [-0.3, -0.25) is 4.90 Å². The molecule has 0 N–H and O–H groups in total. The lowest BCUT2D eigenvalue weighted by atomic mass is 9.98. The molecule has 0 spiro atoms. The fourth-order valence-corrected chi connectivity index (χ4v) is 1.76. The van der Waals surface area contributed by atoms with Crippen molar-refractivity contribution in [1.29, 1.82) is 0 Å². The van der Waals surface area contributed by atoms with E-state index in [0.29, 0.717) is 19.8 Å². The van der Waals surface area contributed by atoms with Gasteiger partial charge >= 0.3 is 12.1 Å². The van der Waals surface area contributed by atoms with Crippen LogP contribution in [0.2, 0.25) is 0 Å². The molecule has 0 heterocycles. The van der Waals surface area contributed by atoms with Gasteiger partial charge in [-0.15, -0.1) is 0 Å². The van der Waals surface area contributed by atoms with Crippen LogP contribution in [0.5, 0.6) is 0 Å². The third-order valence-electron chi connectivity index (χ3n) is 2.89. The molecule has 0 radical (unpaired) electrons. The average molecular weight is 259 g/mol. The molecule has 0 aliphatic heterocycles. The number of esters is 1. The molecule has 5 nitrogen and oxygen atoms in total. The lowest BCUT2D eigenvalue weighted by Crippen LogP contribution is -2.49. The van der Waals surface area contributed by atoms with Gasteiger partial charge in [0.2, 0.25) is 0 Å². The molecule has 0 rings (SSSR count). The van der Waals surface area contributed by atoms with E-state index in [-0.39, 0.29) is 11.9 Å². The van der Waals surface area contributed by atoms with Crippen molar-refractivity contribution in [3.05, 3.63) is 0 Å². The second-order valence-electron chi connectivity index (χ2n) is 4.07. The maximum Gasteiger partial charge on any atom is 0.410 e. The summed E-state index contributed by atoms with van der Waals surface area (Å²) in [5.74, 6) is -0.324. The molecule has 0 bridgehead atoms. The molecular weight excluding hydrogens is 234 g/mol. The number of nitrogens with zero attached hydrogens (tertiary/aromatic N) is 1. The Morgan fingerprint density at radius 2 is 1.61 bits per heavy atom. The molecule has 0 saturated carbocycles. The molecule has 1 amide bonds. The normalized spacial score (nSPS) is 13.6. The predicted octanol–water partition coefficient (Wildman–Crippen LogP) is 2.44. The molecule has 0 aliphatic carbocycles. The van der Waals surface area contributed by atoms with Gasteiger partial charge in [-0.1, -0.05) is 20.3 Å². The Labute approximate surface area is 109 Å². The van der Waals surface area contributed by atoms with Gasteiger partial charge in [0.25, 0.3) is 0 Å². The van der Waals surface area contributed by atoms with Crippen LogP contribution in [0.15, 0.2) is 0 Å². The molecule has 2 unspecified atom stereocenters. The third kappa shape index (κ3) is 4.55. The number of ether oxygens (including phenoxy) is 2. The fraction of sp³-hybridized carbons (Fsp3) is 0.846. The molecule has 106 valence electrons. The van der Waals surface area contributed by atoms with Crippen LogP contribution in [-0.4, -0.2) is 42.8 Å². The standard InChI is InChI=1S/C13H25NO4/c1-6-10(5)11(12(15)17-8-3)14(7-2)13(16)18-9-4/h10-11H,6-9H2,1-5H3. The zero-order valence-corrected chi connectivity index (χ0v) is 12.1. The van der Waals surface area contributed by atoms with Crippen molar-refractivity contribution < 1.29 is 19.1 Å². The van der Waals surface area contributed by atoms with E-state index >= 15 is 0 Å². The van der Waals surface area contributed by atoms with Crippen molar-refractivity contribution in [3.8, 4) is 0 Å². The van der Waals surface area contributed by atoms with E-state index in [9.17, 15) is 9.59 Å². The Balaban J connectivity index is 5.00. The van der Waals surface area contributed by atoms with E-state index < -0.39 is 12.1 Å². The number of hydrogen-bond acceptors (Lipinski definition) is 4. The minimum absolute atomic E-state index is 0.0356. The Hall–Kier alpha value is -1.26. The van der Waals surface area contributed by atoms with Gasteiger partial charge in [0, 0.05) is 6.54 Å². The van der Waals surface area contributed by atoms with Crippen LogP contribution in [-0.2, 0) is 14.3 Å². The first kappa shape index (κ1) is 16.7. The highest BCUT2D eigenvalue weighted by Crippen LogP contribution is 2.17. The maximum absolute atomic E-state index is 12.0. The minimum Gasteiger partial charge on any atom is -0.464 e. The SMILES string of the molecule is CCOC(=O)C(C(C)CC)N(CC)C(=O)OCC. The van der Waals surface area contributed by atoms with Gasteiger partial charge in [-0.25, -0.2) is 9.59 Å². The van der Waals surface area contributed by atoms with E-state index in [1.807, 2.05) is 20.8 Å². The maximum atomic E-state index is 12.0. The van der Waals surface area contributed by atoms with Crippen molar-refractivity contribution in [2.24, 2.45) is 5.92 Å². The Kier molecular flexibility index (Phi) is 8.16. The lowest BCUT2D eigenvalue weighted by molar-refractivity contribution is -0.151. The van der Waals surface area contributed by atoms with Crippen molar-refractivity contribution in [3.63, 3.8) is 0 Å². The highest BCUT2D eigenvalue weighted by Gasteiger charge is 2.34. The summed E-state index contributed by atoms with van der Waals surface area (Å²) in [5, 5.41) is 0. The Bertz CT molecular complexity index is 268. The number of rotatable bonds is 7. The summed E-state index contributed by atoms with van der Waals surface area (Å²) in [5.41, 5.74) is 0.